The van der Waals surface area contributed by atoms with Crippen molar-refractivity contribution >= 4 is 29.9 Å². The first-order valence-corrected chi connectivity index (χ1v) is 10.8. The van der Waals surface area contributed by atoms with Gasteiger partial charge in [0, 0.05) is 51.7 Å². The van der Waals surface area contributed by atoms with Gasteiger partial charge in [-0.2, -0.15) is 0 Å². The smallest absolute Gasteiger partial charge is 0.191 e. The van der Waals surface area contributed by atoms with Crippen molar-refractivity contribution in [2.45, 2.75) is 45.1 Å². The van der Waals surface area contributed by atoms with E-state index in [1.54, 1.807) is 13.4 Å². The highest BCUT2D eigenvalue weighted by molar-refractivity contribution is 14.0. The van der Waals surface area contributed by atoms with Crippen molar-refractivity contribution < 1.29 is 9.47 Å². The molecule has 2 heterocycles. The van der Waals surface area contributed by atoms with Crippen molar-refractivity contribution in [1.82, 2.24) is 25.4 Å². The van der Waals surface area contributed by atoms with E-state index in [4.69, 9.17) is 9.47 Å². The van der Waals surface area contributed by atoms with Gasteiger partial charge < -0.3 is 24.7 Å². The minimum absolute atomic E-state index is 0. The van der Waals surface area contributed by atoms with E-state index in [2.05, 4.69) is 61.6 Å². The molecule has 0 atom stereocenters. The molecule has 0 bridgehead atoms. The number of rotatable bonds is 9. The van der Waals surface area contributed by atoms with Crippen LogP contribution in [0.15, 0.2) is 35.6 Å². The van der Waals surface area contributed by atoms with Gasteiger partial charge in [0.25, 0.3) is 0 Å². The lowest BCUT2D eigenvalue weighted by molar-refractivity contribution is 0.0513. The normalized spacial score (nSPS) is 15.8. The Morgan fingerprint density at radius 2 is 1.94 bits per heavy atom. The van der Waals surface area contributed by atoms with Crippen LogP contribution in [0.25, 0.3) is 0 Å². The molecule has 1 aromatic heterocycles. The summed E-state index contributed by atoms with van der Waals surface area (Å²) in [5, 5.41) is 15.1. The molecule has 0 unspecified atom stereocenters. The highest BCUT2D eigenvalue weighted by Gasteiger charge is 2.34. The first-order chi connectivity index (χ1) is 14.7. The summed E-state index contributed by atoms with van der Waals surface area (Å²) in [4.78, 5) is 4.40. The molecule has 1 fully saturated rings. The molecular formula is C22H35IN6O2. The van der Waals surface area contributed by atoms with E-state index in [0.29, 0.717) is 6.61 Å². The van der Waals surface area contributed by atoms with Gasteiger partial charge in [0.05, 0.1) is 6.61 Å². The number of aromatic nitrogens is 3. The van der Waals surface area contributed by atoms with E-state index in [1.807, 2.05) is 6.92 Å². The molecule has 0 saturated carbocycles. The second kappa shape index (κ2) is 12.8. The zero-order chi connectivity index (χ0) is 21.2. The van der Waals surface area contributed by atoms with Crippen LogP contribution in [0.4, 0.5) is 0 Å². The number of nitrogens with one attached hydrogen (secondary N) is 2. The van der Waals surface area contributed by atoms with Gasteiger partial charge in [0.15, 0.2) is 5.96 Å². The van der Waals surface area contributed by atoms with Gasteiger partial charge in [-0.1, -0.05) is 19.1 Å². The van der Waals surface area contributed by atoms with Gasteiger partial charge in [-0.3, -0.25) is 4.99 Å². The molecule has 172 valence electrons. The van der Waals surface area contributed by atoms with Gasteiger partial charge in [0.2, 0.25) is 0 Å². The van der Waals surface area contributed by atoms with Crippen LogP contribution >= 0.6 is 24.0 Å². The maximum Gasteiger partial charge on any atom is 0.191 e. The summed E-state index contributed by atoms with van der Waals surface area (Å²) in [6.45, 7) is 8.67. The lowest BCUT2D eigenvalue weighted by Gasteiger charge is -2.38. The molecule has 2 N–H and O–H groups in total. The Bertz CT molecular complexity index is 803. The topological polar surface area (TPSA) is 85.6 Å². The number of halogens is 1. The number of benzene rings is 1. The van der Waals surface area contributed by atoms with Gasteiger partial charge in [-0.25, -0.2) is 0 Å². The van der Waals surface area contributed by atoms with E-state index < -0.39 is 0 Å². The third-order valence-corrected chi connectivity index (χ3v) is 5.70. The van der Waals surface area contributed by atoms with Crippen LogP contribution < -0.4 is 15.4 Å². The van der Waals surface area contributed by atoms with Crippen LogP contribution in [0, 0.1) is 0 Å². The molecule has 8 nitrogen and oxygen atoms in total. The second-order valence-corrected chi connectivity index (χ2v) is 7.50. The molecule has 1 aliphatic rings. The van der Waals surface area contributed by atoms with E-state index in [9.17, 15) is 0 Å². The number of aliphatic imine (C=N–C) groups is 1. The van der Waals surface area contributed by atoms with Gasteiger partial charge in [-0.15, -0.1) is 34.2 Å². The highest BCUT2D eigenvalue weighted by Crippen LogP contribution is 2.35. The number of ether oxygens (including phenoxy) is 2. The number of guanidine groups is 1. The third-order valence-electron chi connectivity index (χ3n) is 5.70. The lowest BCUT2D eigenvalue weighted by Crippen LogP contribution is -2.48. The third kappa shape index (κ3) is 6.80. The first-order valence-electron chi connectivity index (χ1n) is 10.8. The average molecular weight is 542 g/mol. The van der Waals surface area contributed by atoms with Crippen LogP contribution in [0.2, 0.25) is 0 Å². The Hall–Kier alpha value is -1.88. The zero-order valence-electron chi connectivity index (χ0n) is 18.8. The van der Waals surface area contributed by atoms with Crippen molar-refractivity contribution in [3.8, 4) is 5.75 Å². The predicted molar refractivity (Wildman–Crippen MR) is 134 cm³/mol. The Kier molecular flexibility index (Phi) is 10.5. The lowest BCUT2D eigenvalue weighted by atomic mass is 9.74. The molecule has 3 rings (SSSR count). The summed E-state index contributed by atoms with van der Waals surface area (Å²) in [5.41, 5.74) is 1.33. The minimum Gasteiger partial charge on any atom is -0.494 e. The number of hydrogen-bond donors (Lipinski definition) is 2. The van der Waals surface area contributed by atoms with Gasteiger partial charge in [-0.05, 0) is 37.5 Å². The van der Waals surface area contributed by atoms with Gasteiger partial charge in [0.1, 0.15) is 17.9 Å². The molecule has 0 radical (unpaired) electrons. The molecule has 0 aliphatic carbocycles. The van der Waals surface area contributed by atoms with Crippen LogP contribution in [-0.4, -0.2) is 60.7 Å². The second-order valence-electron chi connectivity index (χ2n) is 7.50. The van der Waals surface area contributed by atoms with Crippen molar-refractivity contribution in [3.63, 3.8) is 0 Å². The molecule has 31 heavy (non-hydrogen) atoms. The molecule has 0 amide bonds. The molecule has 1 aromatic carbocycles. The molecule has 1 saturated heterocycles. The van der Waals surface area contributed by atoms with Crippen LogP contribution in [0.3, 0.4) is 0 Å². The summed E-state index contributed by atoms with van der Waals surface area (Å²) >= 11 is 0. The molecule has 0 spiro atoms. The molecule has 9 heteroatoms. The minimum atomic E-state index is 0. The van der Waals surface area contributed by atoms with E-state index in [-0.39, 0.29) is 29.4 Å². The average Bonchev–Trinajstić information content (AvgIpc) is 3.25. The van der Waals surface area contributed by atoms with Crippen molar-refractivity contribution in [1.29, 1.82) is 0 Å². The quantitative estimate of drug-likeness (QED) is 0.288. The van der Waals surface area contributed by atoms with E-state index in [1.165, 1.54) is 5.56 Å². The largest absolute Gasteiger partial charge is 0.494 e. The molecule has 2 aromatic rings. The first kappa shape index (κ1) is 25.4. The zero-order valence-corrected chi connectivity index (χ0v) is 21.1. The fraction of sp³-hybridized carbons (Fsp3) is 0.591. The monoisotopic (exact) mass is 542 g/mol. The summed E-state index contributed by atoms with van der Waals surface area (Å²) in [6.07, 6.45) is 4.61. The highest BCUT2D eigenvalue weighted by atomic mass is 127. The summed E-state index contributed by atoms with van der Waals surface area (Å²) < 4.78 is 13.3. The maximum absolute atomic E-state index is 5.66. The Morgan fingerprint density at radius 3 is 2.58 bits per heavy atom. The fourth-order valence-corrected chi connectivity index (χ4v) is 3.91. The molecular weight excluding hydrogens is 507 g/mol. The summed E-state index contributed by atoms with van der Waals surface area (Å²) in [7, 11) is 1.80. The Labute approximate surface area is 202 Å². The van der Waals surface area contributed by atoms with E-state index in [0.717, 1.165) is 69.6 Å². The van der Waals surface area contributed by atoms with E-state index >= 15 is 0 Å². The van der Waals surface area contributed by atoms with Crippen LogP contribution in [0.5, 0.6) is 5.75 Å². The SMILES string of the molecule is CCOc1ccc(C2(CNC(=NC)NCCn3cnnc3CC)CCOCC2)cc1.I. The van der Waals surface area contributed by atoms with Crippen molar-refractivity contribution in [3.05, 3.63) is 42.0 Å². The molecule has 1 aliphatic heterocycles. The number of aryl methyl sites for hydroxylation is 1. The van der Waals surface area contributed by atoms with Crippen molar-refractivity contribution in [2.24, 2.45) is 4.99 Å². The fourth-order valence-electron chi connectivity index (χ4n) is 3.91. The standard InChI is InChI=1S/C22H34N6O2.HI/c1-4-20-27-26-17-28(20)13-12-24-21(23-3)25-16-22(10-14-29-15-11-22)18-6-8-19(9-7-18)30-5-2;/h6-9,17H,4-5,10-16H2,1-3H3,(H2,23,24,25);1H. The summed E-state index contributed by atoms with van der Waals surface area (Å²) in [5.74, 6) is 2.71. The van der Waals surface area contributed by atoms with Gasteiger partial charge >= 0.3 is 0 Å². The van der Waals surface area contributed by atoms with Crippen LogP contribution in [0.1, 0.15) is 38.1 Å². The Morgan fingerprint density at radius 1 is 1.19 bits per heavy atom. The predicted octanol–water partition coefficient (Wildman–Crippen LogP) is 2.77. The Balaban J connectivity index is 0.00000341. The number of nitrogens with zero attached hydrogens (tertiary/aromatic N) is 4. The van der Waals surface area contributed by atoms with Crippen molar-refractivity contribution in [2.75, 3.05) is 40.0 Å². The van der Waals surface area contributed by atoms with Crippen LogP contribution in [-0.2, 0) is 23.1 Å². The number of hydrogen-bond acceptors (Lipinski definition) is 5. The summed E-state index contributed by atoms with van der Waals surface area (Å²) in [6, 6.07) is 8.50. The maximum atomic E-state index is 5.66.